The molecule has 1 aliphatic rings. The van der Waals surface area contributed by atoms with Crippen molar-refractivity contribution in [2.24, 2.45) is 0 Å². The number of hydrogen-bond donors (Lipinski definition) is 2. The van der Waals surface area contributed by atoms with Crippen LogP contribution in [0.3, 0.4) is 0 Å². The summed E-state index contributed by atoms with van der Waals surface area (Å²) in [4.78, 5) is 23.0. The second kappa shape index (κ2) is 7.45. The van der Waals surface area contributed by atoms with Crippen LogP contribution in [0.1, 0.15) is 25.7 Å². The number of carbonyl (C=O) groups excluding carboxylic acids is 2. The van der Waals surface area contributed by atoms with Gasteiger partial charge in [-0.3, -0.25) is 13.9 Å². The summed E-state index contributed by atoms with van der Waals surface area (Å²) in [5.74, 6) is -0.337. The number of hydrogen-bond acceptors (Lipinski definition) is 4. The first-order chi connectivity index (χ1) is 10.9. The number of benzene rings is 1. The van der Waals surface area contributed by atoms with Crippen molar-refractivity contribution in [2.45, 2.75) is 25.7 Å². The third-order valence-corrected chi connectivity index (χ3v) is 5.49. The monoisotopic (exact) mass is 339 g/mol. The van der Waals surface area contributed by atoms with Gasteiger partial charge in [-0.25, -0.2) is 8.42 Å². The van der Waals surface area contributed by atoms with Crippen LogP contribution in [0.4, 0.5) is 11.4 Å². The van der Waals surface area contributed by atoms with Gasteiger partial charge in [0.25, 0.3) is 0 Å². The van der Waals surface area contributed by atoms with Crippen molar-refractivity contribution in [3.05, 3.63) is 24.3 Å². The highest BCUT2D eigenvalue weighted by Gasteiger charge is 2.26. The van der Waals surface area contributed by atoms with E-state index < -0.39 is 10.0 Å². The van der Waals surface area contributed by atoms with Gasteiger partial charge in [-0.1, -0.05) is 6.07 Å². The summed E-state index contributed by atoms with van der Waals surface area (Å²) in [6.45, 7) is 0.455. The van der Waals surface area contributed by atoms with E-state index >= 15 is 0 Å². The molecule has 1 aliphatic heterocycles. The quantitative estimate of drug-likeness (QED) is 0.839. The summed E-state index contributed by atoms with van der Waals surface area (Å²) in [5, 5.41) is 5.14. The summed E-state index contributed by atoms with van der Waals surface area (Å²) in [6, 6.07) is 6.75. The summed E-state index contributed by atoms with van der Waals surface area (Å²) in [6.07, 6.45) is 1.69. The molecule has 2 amide bonds. The molecule has 126 valence electrons. The van der Waals surface area contributed by atoms with Crippen molar-refractivity contribution in [1.29, 1.82) is 0 Å². The highest BCUT2D eigenvalue weighted by atomic mass is 32.2. The Labute approximate surface area is 136 Å². The van der Waals surface area contributed by atoms with E-state index in [9.17, 15) is 18.0 Å². The van der Waals surface area contributed by atoms with Crippen LogP contribution in [0.2, 0.25) is 0 Å². The topological polar surface area (TPSA) is 95.6 Å². The van der Waals surface area contributed by atoms with Crippen LogP contribution in [-0.4, -0.2) is 39.6 Å². The Morgan fingerprint density at radius 3 is 2.61 bits per heavy atom. The number of anilines is 2. The molecule has 0 saturated carbocycles. The number of sulfonamides is 1. The third kappa shape index (κ3) is 4.69. The lowest BCUT2D eigenvalue weighted by Crippen LogP contribution is -2.37. The fourth-order valence-electron chi connectivity index (χ4n) is 2.39. The van der Waals surface area contributed by atoms with Gasteiger partial charge in [-0.15, -0.1) is 0 Å². The zero-order valence-electron chi connectivity index (χ0n) is 13.0. The van der Waals surface area contributed by atoms with Gasteiger partial charge >= 0.3 is 0 Å². The van der Waals surface area contributed by atoms with Gasteiger partial charge in [0, 0.05) is 32.1 Å². The van der Waals surface area contributed by atoms with E-state index in [1.54, 1.807) is 24.3 Å². The number of nitrogens with zero attached hydrogens (tertiary/aromatic N) is 1. The smallest absolute Gasteiger partial charge is 0.235 e. The lowest BCUT2D eigenvalue weighted by molar-refractivity contribution is -0.124. The van der Waals surface area contributed by atoms with Gasteiger partial charge in [0.1, 0.15) is 0 Å². The van der Waals surface area contributed by atoms with Gasteiger partial charge in [0.2, 0.25) is 21.8 Å². The molecule has 23 heavy (non-hydrogen) atoms. The Hall–Kier alpha value is -2.09. The third-order valence-electron chi connectivity index (χ3n) is 3.63. The Kier molecular flexibility index (Phi) is 5.59. The molecule has 1 fully saturated rings. The molecule has 0 spiro atoms. The molecular formula is C15H21N3O4S. The maximum Gasteiger partial charge on any atom is 0.235 e. The van der Waals surface area contributed by atoms with Gasteiger partial charge in [0.05, 0.1) is 11.4 Å². The number of carbonyl (C=O) groups is 2. The van der Waals surface area contributed by atoms with Gasteiger partial charge in [0.15, 0.2) is 0 Å². The SMILES string of the molecule is CNC(=O)CCC(=O)Nc1cccc(N2CCCCS2(=O)=O)c1. The van der Waals surface area contributed by atoms with Crippen LogP contribution in [0, 0.1) is 0 Å². The van der Waals surface area contributed by atoms with Gasteiger partial charge in [-0.2, -0.15) is 0 Å². The lowest BCUT2D eigenvalue weighted by atomic mass is 10.2. The highest BCUT2D eigenvalue weighted by Crippen LogP contribution is 2.26. The Balaban J connectivity index is 2.05. The minimum atomic E-state index is -3.28. The summed E-state index contributed by atoms with van der Waals surface area (Å²) in [5.41, 5.74) is 1.07. The molecule has 2 rings (SSSR count). The molecule has 1 heterocycles. The van der Waals surface area contributed by atoms with Crippen LogP contribution < -0.4 is 14.9 Å². The first kappa shape index (κ1) is 17.3. The van der Waals surface area contributed by atoms with E-state index in [2.05, 4.69) is 10.6 Å². The molecule has 0 radical (unpaired) electrons. The molecule has 7 nitrogen and oxygen atoms in total. The van der Waals surface area contributed by atoms with E-state index in [0.29, 0.717) is 24.3 Å². The first-order valence-electron chi connectivity index (χ1n) is 7.53. The Morgan fingerprint density at radius 2 is 1.91 bits per heavy atom. The van der Waals surface area contributed by atoms with E-state index in [1.807, 2.05) is 0 Å². The van der Waals surface area contributed by atoms with E-state index in [1.165, 1.54) is 11.4 Å². The van der Waals surface area contributed by atoms with Crippen LogP contribution in [0.15, 0.2) is 24.3 Å². The van der Waals surface area contributed by atoms with Crippen LogP contribution in [0.25, 0.3) is 0 Å². The van der Waals surface area contributed by atoms with Crippen molar-refractivity contribution < 1.29 is 18.0 Å². The maximum atomic E-state index is 12.1. The van der Waals surface area contributed by atoms with Crippen molar-refractivity contribution in [3.63, 3.8) is 0 Å². The molecule has 0 atom stereocenters. The molecule has 0 bridgehead atoms. The molecule has 0 aromatic heterocycles. The minimum absolute atomic E-state index is 0.0753. The normalized spacial score (nSPS) is 16.7. The van der Waals surface area contributed by atoms with Crippen molar-refractivity contribution >= 4 is 33.2 Å². The fraction of sp³-hybridized carbons (Fsp3) is 0.467. The van der Waals surface area contributed by atoms with E-state index in [-0.39, 0.29) is 30.4 Å². The van der Waals surface area contributed by atoms with Crippen molar-refractivity contribution in [3.8, 4) is 0 Å². The van der Waals surface area contributed by atoms with Crippen LogP contribution in [-0.2, 0) is 19.6 Å². The number of rotatable bonds is 5. The average Bonchev–Trinajstić information content (AvgIpc) is 2.52. The van der Waals surface area contributed by atoms with E-state index in [0.717, 1.165) is 6.42 Å². The standard InChI is InChI=1S/C15H21N3O4S/c1-16-14(19)7-8-15(20)17-12-5-4-6-13(11-12)18-9-2-3-10-23(18,21)22/h4-6,11H,2-3,7-10H2,1H3,(H,16,19)(H,17,20). The number of nitrogens with one attached hydrogen (secondary N) is 2. The molecule has 1 aromatic carbocycles. The molecular weight excluding hydrogens is 318 g/mol. The molecule has 0 unspecified atom stereocenters. The van der Waals surface area contributed by atoms with Gasteiger partial charge in [-0.05, 0) is 31.0 Å². The van der Waals surface area contributed by atoms with Crippen molar-refractivity contribution in [2.75, 3.05) is 29.0 Å². The maximum absolute atomic E-state index is 12.1. The highest BCUT2D eigenvalue weighted by molar-refractivity contribution is 7.92. The zero-order chi connectivity index (χ0) is 16.9. The van der Waals surface area contributed by atoms with Crippen molar-refractivity contribution in [1.82, 2.24) is 5.32 Å². The van der Waals surface area contributed by atoms with Crippen LogP contribution >= 0.6 is 0 Å². The second-order valence-corrected chi connectivity index (χ2v) is 7.38. The summed E-state index contributed by atoms with van der Waals surface area (Å²) < 4.78 is 25.6. The average molecular weight is 339 g/mol. The predicted molar refractivity (Wildman–Crippen MR) is 88.7 cm³/mol. The fourth-order valence-corrected chi connectivity index (χ4v) is 4.02. The van der Waals surface area contributed by atoms with E-state index in [4.69, 9.17) is 0 Å². The molecule has 8 heteroatoms. The Bertz CT molecular complexity index is 688. The zero-order valence-corrected chi connectivity index (χ0v) is 13.9. The molecule has 1 saturated heterocycles. The molecule has 0 aliphatic carbocycles. The Morgan fingerprint density at radius 1 is 1.17 bits per heavy atom. The first-order valence-corrected chi connectivity index (χ1v) is 9.14. The molecule has 2 N–H and O–H groups in total. The van der Waals surface area contributed by atoms with Gasteiger partial charge < -0.3 is 10.6 Å². The number of amides is 2. The lowest BCUT2D eigenvalue weighted by Gasteiger charge is -2.28. The second-order valence-electron chi connectivity index (χ2n) is 5.37. The largest absolute Gasteiger partial charge is 0.359 e. The minimum Gasteiger partial charge on any atom is -0.359 e. The predicted octanol–water partition coefficient (Wildman–Crippen LogP) is 1.08. The summed E-state index contributed by atoms with van der Waals surface area (Å²) >= 11 is 0. The molecule has 1 aromatic rings. The van der Waals surface area contributed by atoms with Crippen LogP contribution in [0.5, 0.6) is 0 Å². The summed E-state index contributed by atoms with van der Waals surface area (Å²) in [7, 11) is -1.76.